The first-order chi connectivity index (χ1) is 26.1. The van der Waals surface area contributed by atoms with Crippen molar-refractivity contribution in [1.82, 2.24) is 0 Å². The highest BCUT2D eigenvalue weighted by molar-refractivity contribution is 6.23. The average molecular weight is 673 g/mol. The second-order valence-corrected chi connectivity index (χ2v) is 15.2. The Hall–Kier alpha value is -6.50. The van der Waals surface area contributed by atoms with Gasteiger partial charge in [0.1, 0.15) is 0 Å². The molecule has 1 aliphatic carbocycles. The van der Waals surface area contributed by atoms with Gasteiger partial charge in [-0.3, -0.25) is 0 Å². The van der Waals surface area contributed by atoms with Gasteiger partial charge in [-0.1, -0.05) is 178 Å². The Morgan fingerprint density at radius 2 is 0.792 bits per heavy atom. The van der Waals surface area contributed by atoms with Crippen LogP contribution in [-0.4, -0.2) is 0 Å². The molecular formula is C53H36. The van der Waals surface area contributed by atoms with Crippen LogP contribution in [0.25, 0.3) is 98.4 Å². The summed E-state index contributed by atoms with van der Waals surface area (Å²) in [6.07, 6.45) is 0. The maximum absolute atomic E-state index is 2.47. The smallest absolute Gasteiger partial charge is 0.0159 e. The van der Waals surface area contributed by atoms with E-state index in [2.05, 4.69) is 196 Å². The van der Waals surface area contributed by atoms with E-state index in [4.69, 9.17) is 0 Å². The second kappa shape index (κ2) is 11.2. The maximum atomic E-state index is 2.47. The molecule has 0 unspecified atom stereocenters. The molecule has 0 fully saturated rings. The molecule has 0 nitrogen and oxygen atoms in total. The van der Waals surface area contributed by atoms with Gasteiger partial charge in [-0.25, -0.2) is 0 Å². The molecule has 0 heterocycles. The van der Waals surface area contributed by atoms with Crippen molar-refractivity contribution < 1.29 is 0 Å². The predicted molar refractivity (Wildman–Crippen MR) is 228 cm³/mol. The van der Waals surface area contributed by atoms with Crippen LogP contribution in [-0.2, 0) is 5.41 Å². The van der Waals surface area contributed by atoms with Crippen molar-refractivity contribution in [1.29, 1.82) is 0 Å². The third-order valence-electron chi connectivity index (χ3n) is 12.0. The molecule has 248 valence electrons. The van der Waals surface area contributed by atoms with E-state index in [1.807, 2.05) is 0 Å². The summed E-state index contributed by atoms with van der Waals surface area (Å²) in [5, 5.41) is 12.8. The van der Waals surface area contributed by atoms with Crippen molar-refractivity contribution in [2.24, 2.45) is 0 Å². The van der Waals surface area contributed by atoms with E-state index in [0.29, 0.717) is 0 Å². The standard InChI is InChI=1S/C53H36/c1-53(2)49-25-12-11-19-41(49)42-29-28-36(32-50(42)53)52-45-22-9-7-20-43(45)51(44-21-8-10-23-46(44)52)35-27-26-34-30-48(40-18-6-5-17-39(40)47(34)31-35)38-24-13-15-33-14-3-4-16-37(33)38/h3-32H,1-2H3. The van der Waals surface area contributed by atoms with E-state index in [9.17, 15) is 0 Å². The third-order valence-corrected chi connectivity index (χ3v) is 12.0. The Balaban J connectivity index is 1.15. The Morgan fingerprint density at radius 1 is 0.283 bits per heavy atom. The van der Waals surface area contributed by atoms with Crippen LogP contribution in [0.4, 0.5) is 0 Å². The molecule has 0 amide bonds. The monoisotopic (exact) mass is 672 g/mol. The van der Waals surface area contributed by atoms with Gasteiger partial charge in [-0.15, -0.1) is 0 Å². The minimum absolute atomic E-state index is 0.0607. The summed E-state index contributed by atoms with van der Waals surface area (Å²) in [7, 11) is 0. The third kappa shape index (κ3) is 4.36. The lowest BCUT2D eigenvalue weighted by Gasteiger charge is -2.23. The van der Waals surface area contributed by atoms with Gasteiger partial charge >= 0.3 is 0 Å². The van der Waals surface area contributed by atoms with Crippen LogP contribution in [0.5, 0.6) is 0 Å². The van der Waals surface area contributed by atoms with Crippen LogP contribution in [0.15, 0.2) is 182 Å². The molecule has 0 spiro atoms. The summed E-state index contributed by atoms with van der Waals surface area (Å²) in [6, 6.07) is 68.0. The lowest BCUT2D eigenvalue weighted by Crippen LogP contribution is -2.14. The second-order valence-electron chi connectivity index (χ2n) is 15.2. The van der Waals surface area contributed by atoms with Crippen LogP contribution >= 0.6 is 0 Å². The van der Waals surface area contributed by atoms with Crippen molar-refractivity contribution in [3.05, 3.63) is 193 Å². The molecule has 0 heteroatoms. The fourth-order valence-corrected chi connectivity index (χ4v) is 9.55. The van der Waals surface area contributed by atoms with E-state index in [1.165, 1.54) is 109 Å². The minimum atomic E-state index is -0.0607. The number of hydrogen-bond donors (Lipinski definition) is 0. The van der Waals surface area contributed by atoms with Crippen LogP contribution in [0.2, 0.25) is 0 Å². The number of fused-ring (bicyclic) bond motifs is 9. The normalized spacial score (nSPS) is 13.2. The van der Waals surface area contributed by atoms with E-state index < -0.39 is 0 Å². The van der Waals surface area contributed by atoms with Crippen LogP contribution in [0.1, 0.15) is 25.0 Å². The zero-order valence-corrected chi connectivity index (χ0v) is 29.8. The molecule has 0 N–H and O–H groups in total. The highest BCUT2D eigenvalue weighted by Crippen LogP contribution is 2.51. The Morgan fingerprint density at radius 3 is 1.51 bits per heavy atom. The van der Waals surface area contributed by atoms with Gasteiger partial charge in [0.25, 0.3) is 0 Å². The summed E-state index contributed by atoms with van der Waals surface area (Å²) in [4.78, 5) is 0. The summed E-state index contributed by atoms with van der Waals surface area (Å²) in [6.45, 7) is 4.74. The first kappa shape index (κ1) is 30.2. The zero-order valence-electron chi connectivity index (χ0n) is 29.8. The molecule has 11 rings (SSSR count). The quantitative estimate of drug-likeness (QED) is 0.129. The number of hydrogen-bond acceptors (Lipinski definition) is 0. The summed E-state index contributed by atoms with van der Waals surface area (Å²) < 4.78 is 0. The highest BCUT2D eigenvalue weighted by atomic mass is 14.4. The van der Waals surface area contributed by atoms with Gasteiger partial charge in [-0.2, -0.15) is 0 Å². The van der Waals surface area contributed by atoms with Crippen molar-refractivity contribution in [2.45, 2.75) is 19.3 Å². The van der Waals surface area contributed by atoms with Crippen molar-refractivity contribution in [3.8, 4) is 44.5 Å². The Bertz CT molecular complexity index is 3080. The fraction of sp³-hybridized carbons (Fsp3) is 0.0566. The maximum Gasteiger partial charge on any atom is 0.0159 e. The fourth-order valence-electron chi connectivity index (χ4n) is 9.55. The van der Waals surface area contributed by atoms with E-state index >= 15 is 0 Å². The van der Waals surface area contributed by atoms with Gasteiger partial charge in [0, 0.05) is 5.41 Å². The van der Waals surface area contributed by atoms with Gasteiger partial charge < -0.3 is 0 Å². The van der Waals surface area contributed by atoms with Gasteiger partial charge in [0.05, 0.1) is 0 Å². The summed E-state index contributed by atoms with van der Waals surface area (Å²) in [5.74, 6) is 0. The largest absolute Gasteiger partial charge is 0.0619 e. The molecule has 10 aromatic rings. The molecule has 0 radical (unpaired) electrons. The van der Waals surface area contributed by atoms with Crippen LogP contribution in [0, 0.1) is 0 Å². The predicted octanol–water partition coefficient (Wildman–Crippen LogP) is 14.8. The first-order valence-electron chi connectivity index (χ1n) is 18.7. The van der Waals surface area contributed by atoms with E-state index in [1.54, 1.807) is 0 Å². The topological polar surface area (TPSA) is 0 Å². The van der Waals surface area contributed by atoms with Crippen molar-refractivity contribution in [2.75, 3.05) is 0 Å². The Kier molecular flexibility index (Phi) is 6.40. The zero-order chi connectivity index (χ0) is 35.3. The number of rotatable bonds is 3. The summed E-state index contributed by atoms with van der Waals surface area (Å²) in [5.41, 5.74) is 13.1. The average Bonchev–Trinajstić information content (AvgIpc) is 3.44. The van der Waals surface area contributed by atoms with Crippen LogP contribution < -0.4 is 0 Å². The van der Waals surface area contributed by atoms with Crippen LogP contribution in [0.3, 0.4) is 0 Å². The molecule has 10 aromatic carbocycles. The first-order valence-corrected chi connectivity index (χ1v) is 18.7. The molecule has 1 aliphatic rings. The van der Waals surface area contributed by atoms with Gasteiger partial charge in [-0.05, 0) is 128 Å². The molecular weight excluding hydrogens is 637 g/mol. The lowest BCUT2D eigenvalue weighted by atomic mass is 9.80. The van der Waals surface area contributed by atoms with Crippen molar-refractivity contribution in [3.63, 3.8) is 0 Å². The molecule has 0 bridgehead atoms. The minimum Gasteiger partial charge on any atom is -0.0619 e. The van der Waals surface area contributed by atoms with E-state index in [-0.39, 0.29) is 5.41 Å². The van der Waals surface area contributed by atoms with Gasteiger partial charge in [0.2, 0.25) is 0 Å². The van der Waals surface area contributed by atoms with Gasteiger partial charge in [0.15, 0.2) is 0 Å². The SMILES string of the molecule is CC1(C)c2ccccc2-c2ccc(-c3c4ccccc4c(-c4ccc5cc(-c6cccc7ccccc67)c6ccccc6c5c4)c4ccccc34)cc21. The lowest BCUT2D eigenvalue weighted by molar-refractivity contribution is 0.660. The Labute approximate surface area is 309 Å². The molecule has 0 aromatic heterocycles. The summed E-state index contributed by atoms with van der Waals surface area (Å²) >= 11 is 0. The molecule has 0 saturated heterocycles. The molecule has 0 saturated carbocycles. The van der Waals surface area contributed by atoms with E-state index in [0.717, 1.165) is 0 Å². The molecule has 0 atom stereocenters. The number of benzene rings is 10. The highest BCUT2D eigenvalue weighted by Gasteiger charge is 2.35. The molecule has 0 aliphatic heterocycles. The molecule has 53 heavy (non-hydrogen) atoms. The van der Waals surface area contributed by atoms with Crippen molar-refractivity contribution >= 4 is 53.9 Å².